The molecular formula is C13H25N3O. The number of amides is 1. The van der Waals surface area contributed by atoms with E-state index in [0.717, 1.165) is 25.7 Å². The molecule has 0 bridgehead atoms. The predicted octanol–water partition coefficient (Wildman–Crippen LogP) is 0.714. The molecule has 0 radical (unpaired) electrons. The molecular weight excluding hydrogens is 214 g/mol. The summed E-state index contributed by atoms with van der Waals surface area (Å²) in [6.45, 7) is 2.41. The van der Waals surface area contributed by atoms with Gasteiger partial charge in [-0.2, -0.15) is 0 Å². The quantitative estimate of drug-likeness (QED) is 0.763. The van der Waals surface area contributed by atoms with Crippen molar-refractivity contribution in [3.63, 3.8) is 0 Å². The Morgan fingerprint density at radius 1 is 1.06 bits per heavy atom. The van der Waals surface area contributed by atoms with Gasteiger partial charge in [0.15, 0.2) is 0 Å². The van der Waals surface area contributed by atoms with Crippen LogP contribution < -0.4 is 11.1 Å². The van der Waals surface area contributed by atoms with Crippen LogP contribution in [-0.2, 0) is 4.79 Å². The SMILES string of the molecule is CN1CCC(NC2CCC(C(N)=O)CC2)CC1. The van der Waals surface area contributed by atoms with Crippen molar-refractivity contribution >= 4 is 5.91 Å². The summed E-state index contributed by atoms with van der Waals surface area (Å²) in [5.41, 5.74) is 5.35. The van der Waals surface area contributed by atoms with E-state index in [9.17, 15) is 4.79 Å². The summed E-state index contributed by atoms with van der Waals surface area (Å²) < 4.78 is 0. The maximum Gasteiger partial charge on any atom is 0.220 e. The minimum absolute atomic E-state index is 0.109. The van der Waals surface area contributed by atoms with Gasteiger partial charge in [-0.15, -0.1) is 0 Å². The summed E-state index contributed by atoms with van der Waals surface area (Å²) in [5.74, 6) is 0.0216. The van der Waals surface area contributed by atoms with E-state index in [2.05, 4.69) is 17.3 Å². The number of hydrogen-bond acceptors (Lipinski definition) is 3. The first-order valence-electron chi connectivity index (χ1n) is 6.89. The summed E-state index contributed by atoms with van der Waals surface area (Å²) in [5, 5.41) is 3.76. The van der Waals surface area contributed by atoms with Gasteiger partial charge in [0.1, 0.15) is 0 Å². The van der Waals surface area contributed by atoms with E-state index in [4.69, 9.17) is 5.73 Å². The van der Waals surface area contributed by atoms with Crippen molar-refractivity contribution in [2.24, 2.45) is 11.7 Å². The van der Waals surface area contributed by atoms with Crippen LogP contribution in [0.1, 0.15) is 38.5 Å². The molecule has 2 fully saturated rings. The molecule has 3 N–H and O–H groups in total. The summed E-state index contributed by atoms with van der Waals surface area (Å²) in [6, 6.07) is 1.29. The lowest BCUT2D eigenvalue weighted by atomic mass is 9.85. The van der Waals surface area contributed by atoms with E-state index >= 15 is 0 Å². The van der Waals surface area contributed by atoms with Gasteiger partial charge in [-0.25, -0.2) is 0 Å². The Balaban J connectivity index is 1.69. The van der Waals surface area contributed by atoms with Crippen LogP contribution in [0.15, 0.2) is 0 Å². The number of rotatable bonds is 3. The summed E-state index contributed by atoms with van der Waals surface area (Å²) in [7, 11) is 2.19. The van der Waals surface area contributed by atoms with E-state index in [-0.39, 0.29) is 11.8 Å². The van der Waals surface area contributed by atoms with Gasteiger partial charge < -0.3 is 16.0 Å². The molecule has 1 saturated carbocycles. The lowest BCUT2D eigenvalue weighted by Crippen LogP contribution is -2.46. The topological polar surface area (TPSA) is 58.4 Å². The van der Waals surface area contributed by atoms with E-state index in [0.29, 0.717) is 12.1 Å². The van der Waals surface area contributed by atoms with Gasteiger partial charge in [-0.3, -0.25) is 4.79 Å². The van der Waals surface area contributed by atoms with Crippen LogP contribution in [0.4, 0.5) is 0 Å². The summed E-state index contributed by atoms with van der Waals surface area (Å²) >= 11 is 0. The standard InChI is InChI=1S/C13H25N3O/c1-16-8-6-12(7-9-16)15-11-4-2-10(3-5-11)13(14)17/h10-12,15H,2-9H2,1H3,(H2,14,17). The van der Waals surface area contributed by atoms with Crippen LogP contribution in [-0.4, -0.2) is 43.0 Å². The second-order valence-corrected chi connectivity index (χ2v) is 5.70. The number of carbonyl (C=O) groups is 1. The minimum atomic E-state index is -0.109. The van der Waals surface area contributed by atoms with Gasteiger partial charge in [-0.05, 0) is 58.7 Å². The van der Waals surface area contributed by atoms with Crippen molar-refractivity contribution in [1.29, 1.82) is 0 Å². The van der Waals surface area contributed by atoms with E-state index < -0.39 is 0 Å². The molecule has 2 rings (SSSR count). The number of hydrogen-bond donors (Lipinski definition) is 2. The molecule has 17 heavy (non-hydrogen) atoms. The third-order valence-electron chi connectivity index (χ3n) is 4.32. The van der Waals surface area contributed by atoms with Crippen LogP contribution in [0.2, 0.25) is 0 Å². The maximum atomic E-state index is 11.1. The molecule has 2 aliphatic rings. The molecule has 1 saturated heterocycles. The average molecular weight is 239 g/mol. The van der Waals surface area contributed by atoms with E-state index in [1.54, 1.807) is 0 Å². The second-order valence-electron chi connectivity index (χ2n) is 5.70. The largest absolute Gasteiger partial charge is 0.369 e. The highest BCUT2D eigenvalue weighted by molar-refractivity contribution is 5.76. The lowest BCUT2D eigenvalue weighted by molar-refractivity contribution is -0.122. The molecule has 1 aliphatic carbocycles. The summed E-state index contributed by atoms with van der Waals surface area (Å²) in [6.07, 6.45) is 6.68. The van der Waals surface area contributed by atoms with Crippen LogP contribution in [0.25, 0.3) is 0 Å². The normalized spacial score (nSPS) is 32.5. The van der Waals surface area contributed by atoms with Gasteiger partial charge in [0.25, 0.3) is 0 Å². The first-order chi connectivity index (χ1) is 8.15. The molecule has 0 aromatic carbocycles. The van der Waals surface area contributed by atoms with Gasteiger partial charge in [0.2, 0.25) is 5.91 Å². The number of nitrogens with one attached hydrogen (secondary N) is 1. The number of nitrogens with two attached hydrogens (primary N) is 1. The summed E-state index contributed by atoms with van der Waals surface area (Å²) in [4.78, 5) is 13.5. The molecule has 1 heterocycles. The fourth-order valence-corrected chi connectivity index (χ4v) is 3.05. The number of likely N-dealkylation sites (tertiary alicyclic amines) is 1. The molecule has 0 aromatic heterocycles. The highest BCUT2D eigenvalue weighted by Gasteiger charge is 2.26. The molecule has 4 heteroatoms. The Kier molecular flexibility index (Phi) is 4.40. The van der Waals surface area contributed by atoms with Gasteiger partial charge in [0, 0.05) is 18.0 Å². The Labute approximate surface area is 104 Å². The maximum absolute atomic E-state index is 11.1. The number of carbonyl (C=O) groups excluding carboxylic acids is 1. The van der Waals surface area contributed by atoms with Gasteiger partial charge >= 0.3 is 0 Å². The van der Waals surface area contributed by atoms with Gasteiger partial charge in [0.05, 0.1) is 0 Å². The average Bonchev–Trinajstić information content (AvgIpc) is 2.33. The zero-order chi connectivity index (χ0) is 12.3. The molecule has 1 aliphatic heterocycles. The number of primary amides is 1. The molecule has 0 aromatic rings. The van der Waals surface area contributed by atoms with Crippen molar-refractivity contribution in [3.8, 4) is 0 Å². The molecule has 0 spiro atoms. The minimum Gasteiger partial charge on any atom is -0.369 e. The molecule has 0 unspecified atom stereocenters. The first kappa shape index (κ1) is 12.8. The Morgan fingerprint density at radius 2 is 1.59 bits per heavy atom. The third-order valence-corrected chi connectivity index (χ3v) is 4.32. The van der Waals surface area contributed by atoms with Crippen molar-refractivity contribution in [2.75, 3.05) is 20.1 Å². The molecule has 0 atom stereocenters. The monoisotopic (exact) mass is 239 g/mol. The lowest BCUT2D eigenvalue weighted by Gasteiger charge is -2.35. The van der Waals surface area contributed by atoms with Crippen molar-refractivity contribution in [3.05, 3.63) is 0 Å². The van der Waals surface area contributed by atoms with Gasteiger partial charge in [-0.1, -0.05) is 0 Å². The van der Waals surface area contributed by atoms with Crippen molar-refractivity contribution in [2.45, 2.75) is 50.6 Å². The Bertz CT molecular complexity index is 253. The predicted molar refractivity (Wildman–Crippen MR) is 68.6 cm³/mol. The smallest absolute Gasteiger partial charge is 0.220 e. The Morgan fingerprint density at radius 3 is 2.12 bits per heavy atom. The highest BCUT2D eigenvalue weighted by atomic mass is 16.1. The molecule has 1 amide bonds. The fraction of sp³-hybridized carbons (Fsp3) is 0.923. The van der Waals surface area contributed by atoms with Crippen molar-refractivity contribution < 1.29 is 4.79 Å². The second kappa shape index (κ2) is 5.83. The first-order valence-corrected chi connectivity index (χ1v) is 6.89. The van der Waals surface area contributed by atoms with E-state index in [1.807, 2.05) is 0 Å². The zero-order valence-corrected chi connectivity index (χ0v) is 10.8. The number of nitrogens with zero attached hydrogens (tertiary/aromatic N) is 1. The van der Waals surface area contributed by atoms with Crippen LogP contribution in [0.3, 0.4) is 0 Å². The van der Waals surface area contributed by atoms with Crippen LogP contribution >= 0.6 is 0 Å². The van der Waals surface area contributed by atoms with Crippen LogP contribution in [0, 0.1) is 5.92 Å². The number of piperidine rings is 1. The van der Waals surface area contributed by atoms with Crippen LogP contribution in [0.5, 0.6) is 0 Å². The zero-order valence-electron chi connectivity index (χ0n) is 10.8. The fourth-order valence-electron chi connectivity index (χ4n) is 3.05. The molecule has 98 valence electrons. The van der Waals surface area contributed by atoms with Crippen molar-refractivity contribution in [1.82, 2.24) is 10.2 Å². The molecule has 4 nitrogen and oxygen atoms in total. The van der Waals surface area contributed by atoms with E-state index in [1.165, 1.54) is 25.9 Å². The highest BCUT2D eigenvalue weighted by Crippen LogP contribution is 2.25. The third kappa shape index (κ3) is 3.68. The Hall–Kier alpha value is -0.610.